The summed E-state index contributed by atoms with van der Waals surface area (Å²) in [5.41, 5.74) is 3.54. The monoisotopic (exact) mass is 429 g/mol. The standard InChI is InChI=1S/C23H32N4O2S/c1-4-18-30(28,29)24-19-23(20-10-12-21(13-11-20)25(2)3)27-16-14-26(15-17-27)22-8-6-5-7-9-22/h4-13,23-24H,1,14-19H2,2-3H3/p+1/t23-/m1/s1. The van der Waals surface area contributed by atoms with Crippen LogP contribution in [-0.4, -0.2) is 61.0 Å². The van der Waals surface area contributed by atoms with E-state index < -0.39 is 10.0 Å². The van der Waals surface area contributed by atoms with Crippen molar-refractivity contribution in [2.75, 3.05) is 62.4 Å². The van der Waals surface area contributed by atoms with E-state index in [-0.39, 0.29) is 11.8 Å². The van der Waals surface area contributed by atoms with E-state index in [0.29, 0.717) is 6.54 Å². The Morgan fingerprint density at radius 1 is 1.10 bits per heavy atom. The predicted octanol–water partition coefficient (Wildman–Crippen LogP) is 1.30. The quantitative estimate of drug-likeness (QED) is 0.590. The maximum Gasteiger partial charge on any atom is 0.215 e. The van der Waals surface area contributed by atoms with Gasteiger partial charge >= 0.3 is 0 Å². The molecule has 0 radical (unpaired) electrons. The third-order valence-electron chi connectivity index (χ3n) is 5.68. The summed E-state index contributed by atoms with van der Waals surface area (Å²) in [5.74, 6) is -0.0591. The summed E-state index contributed by atoms with van der Waals surface area (Å²) < 4.78 is 27.2. The Morgan fingerprint density at radius 2 is 1.73 bits per heavy atom. The van der Waals surface area contributed by atoms with Crippen LogP contribution in [0.15, 0.2) is 67.3 Å². The zero-order valence-corrected chi connectivity index (χ0v) is 18.7. The molecule has 3 rings (SSSR count). The van der Waals surface area contributed by atoms with Crippen molar-refractivity contribution >= 4 is 21.4 Å². The number of para-hydroxylation sites is 1. The van der Waals surface area contributed by atoms with E-state index in [2.05, 4.69) is 69.6 Å². The number of rotatable bonds is 9. The summed E-state index contributed by atoms with van der Waals surface area (Å²) in [6.45, 7) is 7.75. The molecular weight excluding hydrogens is 396 g/mol. The van der Waals surface area contributed by atoms with Crippen LogP contribution in [0.3, 0.4) is 0 Å². The molecule has 7 heteroatoms. The van der Waals surface area contributed by atoms with Crippen LogP contribution in [-0.2, 0) is 10.0 Å². The Morgan fingerprint density at radius 3 is 2.30 bits per heavy atom. The van der Waals surface area contributed by atoms with Gasteiger partial charge < -0.3 is 14.7 Å². The Kier molecular flexibility index (Phi) is 7.53. The molecule has 1 atom stereocenters. The van der Waals surface area contributed by atoms with Gasteiger partial charge in [-0.1, -0.05) is 36.4 Å². The van der Waals surface area contributed by atoms with Gasteiger partial charge in [0.2, 0.25) is 10.0 Å². The first-order valence-corrected chi connectivity index (χ1v) is 12.0. The number of hydrogen-bond acceptors (Lipinski definition) is 4. The third-order valence-corrected chi connectivity index (χ3v) is 6.96. The largest absolute Gasteiger partial charge is 0.378 e. The minimum atomic E-state index is -3.35. The van der Waals surface area contributed by atoms with Crippen LogP contribution in [0.1, 0.15) is 11.6 Å². The van der Waals surface area contributed by atoms with Crippen LogP contribution in [0.25, 0.3) is 0 Å². The molecule has 1 heterocycles. The Labute approximate surface area is 180 Å². The molecule has 162 valence electrons. The second-order valence-electron chi connectivity index (χ2n) is 7.94. The van der Waals surface area contributed by atoms with Crippen LogP contribution in [0, 0.1) is 0 Å². The second-order valence-corrected chi connectivity index (χ2v) is 9.79. The molecule has 1 fully saturated rings. The Balaban J connectivity index is 1.74. The van der Waals surface area contributed by atoms with E-state index in [0.717, 1.165) is 37.4 Å². The summed E-state index contributed by atoms with van der Waals surface area (Å²) in [7, 11) is 0.687. The van der Waals surface area contributed by atoms with Crippen molar-refractivity contribution in [1.82, 2.24) is 4.72 Å². The number of sulfonamides is 1. The van der Waals surface area contributed by atoms with Gasteiger partial charge in [0.05, 0.1) is 38.5 Å². The van der Waals surface area contributed by atoms with Crippen molar-refractivity contribution in [1.29, 1.82) is 0 Å². The lowest BCUT2D eigenvalue weighted by atomic mass is 10.0. The fourth-order valence-corrected chi connectivity index (χ4v) is 4.82. The number of benzene rings is 2. The normalized spacial score (nSPS) is 16.3. The van der Waals surface area contributed by atoms with Crippen molar-refractivity contribution in [3.63, 3.8) is 0 Å². The van der Waals surface area contributed by atoms with Crippen molar-refractivity contribution < 1.29 is 13.3 Å². The van der Waals surface area contributed by atoms with Crippen molar-refractivity contribution in [2.24, 2.45) is 0 Å². The molecule has 1 aliphatic heterocycles. The maximum atomic E-state index is 12.2. The topological polar surface area (TPSA) is 57.1 Å². The van der Waals surface area contributed by atoms with Crippen LogP contribution >= 0.6 is 0 Å². The van der Waals surface area contributed by atoms with Crippen molar-refractivity contribution in [3.8, 4) is 0 Å². The molecule has 2 aromatic carbocycles. The lowest BCUT2D eigenvalue weighted by molar-refractivity contribution is -0.930. The zero-order chi connectivity index (χ0) is 21.6. The zero-order valence-electron chi connectivity index (χ0n) is 17.9. The molecule has 6 nitrogen and oxygen atoms in total. The first-order valence-electron chi connectivity index (χ1n) is 10.4. The predicted molar refractivity (Wildman–Crippen MR) is 125 cm³/mol. The molecule has 2 N–H and O–H groups in total. The molecule has 30 heavy (non-hydrogen) atoms. The molecular formula is C23H33N4O2S+. The molecule has 1 aliphatic rings. The molecule has 1 saturated heterocycles. The summed E-state index contributed by atoms with van der Waals surface area (Å²) in [6.07, 6.45) is 1.43. The van der Waals surface area contributed by atoms with Crippen LogP contribution in [0.2, 0.25) is 0 Å². The van der Waals surface area contributed by atoms with Crippen LogP contribution in [0.5, 0.6) is 0 Å². The third kappa shape index (κ3) is 5.84. The first-order chi connectivity index (χ1) is 14.4. The highest BCUT2D eigenvalue weighted by molar-refractivity contribution is 7.89. The van der Waals surface area contributed by atoms with E-state index >= 15 is 0 Å². The van der Waals surface area contributed by atoms with Gasteiger partial charge in [-0.3, -0.25) is 0 Å². The summed E-state index contributed by atoms with van der Waals surface area (Å²) in [5, 5.41) is 0. The second kappa shape index (κ2) is 10.1. The minimum absolute atomic E-state index is 0.0591. The van der Waals surface area contributed by atoms with Crippen molar-refractivity contribution in [3.05, 3.63) is 72.8 Å². The fourth-order valence-electron chi connectivity index (χ4n) is 3.97. The molecule has 0 bridgehead atoms. The van der Waals surface area contributed by atoms with E-state index in [1.165, 1.54) is 16.7 Å². The molecule has 0 saturated carbocycles. The van der Waals surface area contributed by atoms with E-state index in [1.807, 2.05) is 20.2 Å². The maximum absolute atomic E-state index is 12.2. The smallest absolute Gasteiger partial charge is 0.215 e. The average Bonchev–Trinajstić information content (AvgIpc) is 2.75. The van der Waals surface area contributed by atoms with E-state index in [4.69, 9.17) is 0 Å². The van der Waals surface area contributed by atoms with Gasteiger partial charge in [-0.25, -0.2) is 13.1 Å². The Bertz CT molecular complexity index is 906. The average molecular weight is 430 g/mol. The van der Waals surface area contributed by atoms with Gasteiger partial charge in [0.25, 0.3) is 0 Å². The molecule has 0 unspecified atom stereocenters. The van der Waals surface area contributed by atoms with Gasteiger partial charge in [-0.05, 0) is 24.3 Å². The highest BCUT2D eigenvalue weighted by atomic mass is 32.2. The summed E-state index contributed by atoms with van der Waals surface area (Å²) in [6, 6.07) is 19.0. The lowest BCUT2D eigenvalue weighted by Gasteiger charge is -2.38. The van der Waals surface area contributed by atoms with E-state index in [1.54, 1.807) is 0 Å². The Hall–Kier alpha value is -2.35. The minimum Gasteiger partial charge on any atom is -0.378 e. The highest BCUT2D eigenvalue weighted by Crippen LogP contribution is 2.18. The molecule has 0 amide bonds. The first kappa shape index (κ1) is 22.3. The van der Waals surface area contributed by atoms with Gasteiger partial charge in [0.1, 0.15) is 6.04 Å². The van der Waals surface area contributed by atoms with Gasteiger partial charge in [0, 0.05) is 31.0 Å². The highest BCUT2D eigenvalue weighted by Gasteiger charge is 2.29. The van der Waals surface area contributed by atoms with Gasteiger partial charge in [-0.15, -0.1) is 6.58 Å². The fraction of sp³-hybridized carbons (Fsp3) is 0.391. The number of hydrogen-bond donors (Lipinski definition) is 2. The molecule has 2 aromatic rings. The molecule has 0 aliphatic carbocycles. The molecule has 0 spiro atoms. The van der Waals surface area contributed by atoms with E-state index in [9.17, 15) is 8.42 Å². The number of piperazine rings is 1. The SMILES string of the molecule is C=CCS(=O)(=O)NC[C@H](c1ccc(N(C)C)cc1)[NH+]1CCN(c2ccccc2)CC1. The summed E-state index contributed by atoms with van der Waals surface area (Å²) >= 11 is 0. The van der Waals surface area contributed by atoms with Crippen LogP contribution < -0.4 is 19.4 Å². The number of nitrogens with zero attached hydrogens (tertiary/aromatic N) is 2. The van der Waals surface area contributed by atoms with Gasteiger partial charge in [0.15, 0.2) is 0 Å². The summed E-state index contributed by atoms with van der Waals surface area (Å²) in [4.78, 5) is 5.87. The molecule has 0 aromatic heterocycles. The number of nitrogens with one attached hydrogen (secondary N) is 2. The van der Waals surface area contributed by atoms with Crippen molar-refractivity contribution in [2.45, 2.75) is 6.04 Å². The number of anilines is 2. The lowest BCUT2D eigenvalue weighted by Crippen LogP contribution is -3.15. The number of quaternary nitrogens is 1. The van der Waals surface area contributed by atoms with Gasteiger partial charge in [-0.2, -0.15) is 0 Å². The van der Waals surface area contributed by atoms with Crippen LogP contribution in [0.4, 0.5) is 11.4 Å².